The van der Waals surface area contributed by atoms with Crippen molar-refractivity contribution in [3.05, 3.63) is 41.0 Å². The SMILES string of the molecule is Cc1cnccc1-c1ccc(C(C)(C)C)s1. The lowest BCUT2D eigenvalue weighted by Gasteiger charge is -2.15. The van der Waals surface area contributed by atoms with E-state index in [4.69, 9.17) is 0 Å². The van der Waals surface area contributed by atoms with Crippen molar-refractivity contribution in [2.75, 3.05) is 0 Å². The van der Waals surface area contributed by atoms with E-state index in [2.05, 4.69) is 50.9 Å². The number of pyridine rings is 1. The van der Waals surface area contributed by atoms with E-state index < -0.39 is 0 Å². The van der Waals surface area contributed by atoms with Crippen molar-refractivity contribution >= 4 is 11.3 Å². The zero-order chi connectivity index (χ0) is 11.8. The molecule has 2 aromatic heterocycles. The third-order valence-electron chi connectivity index (χ3n) is 2.63. The number of thiophene rings is 1. The standard InChI is InChI=1S/C14H17NS/c1-10-9-15-8-7-11(10)12-5-6-13(16-12)14(2,3)4/h5-9H,1-4H3. The molecule has 0 N–H and O–H groups in total. The molecule has 0 aliphatic heterocycles. The van der Waals surface area contributed by atoms with Gasteiger partial charge in [0.25, 0.3) is 0 Å². The summed E-state index contributed by atoms with van der Waals surface area (Å²) in [4.78, 5) is 6.90. The Labute approximate surface area is 101 Å². The molecule has 2 heterocycles. The van der Waals surface area contributed by atoms with Gasteiger partial charge in [-0.15, -0.1) is 11.3 Å². The summed E-state index contributed by atoms with van der Waals surface area (Å²) >= 11 is 1.88. The molecule has 0 unspecified atom stereocenters. The molecule has 0 aliphatic rings. The van der Waals surface area contributed by atoms with E-state index in [1.807, 2.05) is 23.7 Å². The highest BCUT2D eigenvalue weighted by Crippen LogP contribution is 2.35. The van der Waals surface area contributed by atoms with Gasteiger partial charge in [-0.05, 0) is 41.7 Å². The molecule has 2 aromatic rings. The van der Waals surface area contributed by atoms with Crippen LogP contribution in [0.25, 0.3) is 10.4 Å². The molecule has 0 atom stereocenters. The number of aryl methyl sites for hydroxylation is 1. The molecule has 84 valence electrons. The summed E-state index contributed by atoms with van der Waals surface area (Å²) in [6, 6.07) is 6.54. The van der Waals surface area contributed by atoms with Crippen molar-refractivity contribution in [2.24, 2.45) is 0 Å². The Morgan fingerprint density at radius 3 is 2.44 bits per heavy atom. The topological polar surface area (TPSA) is 12.9 Å². The molecular formula is C14H17NS. The van der Waals surface area contributed by atoms with Crippen LogP contribution in [0.4, 0.5) is 0 Å². The van der Waals surface area contributed by atoms with E-state index >= 15 is 0 Å². The van der Waals surface area contributed by atoms with Gasteiger partial charge in [0, 0.05) is 22.1 Å². The van der Waals surface area contributed by atoms with Crippen molar-refractivity contribution in [1.29, 1.82) is 0 Å². The monoisotopic (exact) mass is 231 g/mol. The van der Waals surface area contributed by atoms with E-state index in [0.29, 0.717) is 0 Å². The van der Waals surface area contributed by atoms with Gasteiger partial charge >= 0.3 is 0 Å². The second-order valence-electron chi connectivity index (χ2n) is 5.10. The van der Waals surface area contributed by atoms with Crippen LogP contribution in [0.3, 0.4) is 0 Å². The highest BCUT2D eigenvalue weighted by atomic mass is 32.1. The van der Waals surface area contributed by atoms with Crippen LogP contribution >= 0.6 is 11.3 Å². The quantitative estimate of drug-likeness (QED) is 0.708. The fourth-order valence-corrected chi connectivity index (χ4v) is 2.79. The first-order chi connectivity index (χ1) is 7.48. The predicted octanol–water partition coefficient (Wildman–Crippen LogP) is 4.42. The molecule has 0 amide bonds. The molecule has 0 spiro atoms. The molecule has 0 saturated heterocycles. The molecule has 0 aromatic carbocycles. The van der Waals surface area contributed by atoms with E-state index in [9.17, 15) is 0 Å². The second-order valence-corrected chi connectivity index (χ2v) is 6.19. The molecule has 0 fully saturated rings. The maximum Gasteiger partial charge on any atom is 0.0349 e. The highest BCUT2D eigenvalue weighted by Gasteiger charge is 2.16. The molecular weight excluding hydrogens is 214 g/mol. The first-order valence-electron chi connectivity index (χ1n) is 5.50. The molecule has 1 nitrogen and oxygen atoms in total. The Hall–Kier alpha value is -1.15. The summed E-state index contributed by atoms with van der Waals surface area (Å²) < 4.78 is 0. The fourth-order valence-electron chi connectivity index (χ4n) is 1.64. The van der Waals surface area contributed by atoms with Crippen molar-refractivity contribution in [3.8, 4) is 10.4 Å². The minimum atomic E-state index is 0.240. The summed E-state index contributed by atoms with van der Waals surface area (Å²) in [6.07, 6.45) is 3.78. The van der Waals surface area contributed by atoms with E-state index in [-0.39, 0.29) is 5.41 Å². The van der Waals surface area contributed by atoms with Crippen LogP contribution in [-0.4, -0.2) is 4.98 Å². The number of nitrogens with zero attached hydrogens (tertiary/aromatic N) is 1. The van der Waals surface area contributed by atoms with Crippen molar-refractivity contribution in [1.82, 2.24) is 4.98 Å². The molecule has 0 bridgehead atoms. The minimum Gasteiger partial charge on any atom is -0.264 e. The Kier molecular flexibility index (Phi) is 2.85. The lowest BCUT2D eigenvalue weighted by molar-refractivity contribution is 0.604. The Morgan fingerprint density at radius 1 is 1.12 bits per heavy atom. The largest absolute Gasteiger partial charge is 0.264 e. The van der Waals surface area contributed by atoms with Gasteiger partial charge in [0.15, 0.2) is 0 Å². The van der Waals surface area contributed by atoms with E-state index in [0.717, 1.165) is 0 Å². The lowest BCUT2D eigenvalue weighted by Crippen LogP contribution is -2.07. The van der Waals surface area contributed by atoms with Gasteiger partial charge in [0.1, 0.15) is 0 Å². The molecule has 2 heteroatoms. The first-order valence-corrected chi connectivity index (χ1v) is 6.31. The third kappa shape index (κ3) is 2.17. The number of aromatic nitrogens is 1. The average molecular weight is 231 g/mol. The average Bonchev–Trinajstić information content (AvgIpc) is 2.66. The van der Waals surface area contributed by atoms with Crippen molar-refractivity contribution in [3.63, 3.8) is 0 Å². The highest BCUT2D eigenvalue weighted by molar-refractivity contribution is 7.15. The van der Waals surface area contributed by atoms with Gasteiger partial charge < -0.3 is 0 Å². The molecule has 16 heavy (non-hydrogen) atoms. The molecule has 2 rings (SSSR count). The van der Waals surface area contributed by atoms with Crippen LogP contribution in [0.2, 0.25) is 0 Å². The Balaban J connectivity index is 2.44. The van der Waals surface area contributed by atoms with E-state index in [1.54, 1.807) is 0 Å². The Morgan fingerprint density at radius 2 is 1.88 bits per heavy atom. The van der Waals surface area contributed by atoms with Crippen LogP contribution in [0, 0.1) is 6.92 Å². The van der Waals surface area contributed by atoms with Crippen LogP contribution in [-0.2, 0) is 5.41 Å². The fraction of sp³-hybridized carbons (Fsp3) is 0.357. The number of rotatable bonds is 1. The zero-order valence-electron chi connectivity index (χ0n) is 10.2. The Bertz CT molecular complexity index is 491. The molecule has 0 saturated carbocycles. The van der Waals surface area contributed by atoms with Gasteiger partial charge in [-0.1, -0.05) is 20.8 Å². The van der Waals surface area contributed by atoms with Crippen LogP contribution in [0.5, 0.6) is 0 Å². The smallest absolute Gasteiger partial charge is 0.0349 e. The van der Waals surface area contributed by atoms with Gasteiger partial charge in [0.05, 0.1) is 0 Å². The summed E-state index contributed by atoms with van der Waals surface area (Å²) in [5.41, 5.74) is 2.78. The van der Waals surface area contributed by atoms with Gasteiger partial charge in [-0.3, -0.25) is 4.98 Å². The third-order valence-corrected chi connectivity index (χ3v) is 4.18. The normalized spacial score (nSPS) is 11.8. The lowest BCUT2D eigenvalue weighted by atomic mass is 9.95. The van der Waals surface area contributed by atoms with Crippen LogP contribution in [0.1, 0.15) is 31.2 Å². The number of hydrogen-bond donors (Lipinski definition) is 0. The summed E-state index contributed by atoms with van der Waals surface area (Å²) in [7, 11) is 0. The number of hydrogen-bond acceptors (Lipinski definition) is 2. The predicted molar refractivity (Wildman–Crippen MR) is 71.0 cm³/mol. The van der Waals surface area contributed by atoms with Gasteiger partial charge in [-0.2, -0.15) is 0 Å². The van der Waals surface area contributed by atoms with Crippen molar-refractivity contribution in [2.45, 2.75) is 33.1 Å². The first kappa shape index (κ1) is 11.3. The van der Waals surface area contributed by atoms with Crippen LogP contribution < -0.4 is 0 Å². The van der Waals surface area contributed by atoms with Gasteiger partial charge in [0.2, 0.25) is 0 Å². The maximum atomic E-state index is 4.13. The van der Waals surface area contributed by atoms with Crippen molar-refractivity contribution < 1.29 is 0 Å². The molecule has 0 aliphatic carbocycles. The zero-order valence-corrected chi connectivity index (χ0v) is 11.1. The molecule has 0 radical (unpaired) electrons. The summed E-state index contributed by atoms with van der Waals surface area (Å²) in [5, 5.41) is 0. The van der Waals surface area contributed by atoms with E-state index in [1.165, 1.54) is 20.9 Å². The summed E-state index contributed by atoms with van der Waals surface area (Å²) in [5.74, 6) is 0. The minimum absolute atomic E-state index is 0.240. The second kappa shape index (κ2) is 4.02. The summed E-state index contributed by atoms with van der Waals surface area (Å²) in [6.45, 7) is 8.87. The van der Waals surface area contributed by atoms with Gasteiger partial charge in [-0.25, -0.2) is 0 Å². The van der Waals surface area contributed by atoms with Crippen LogP contribution in [0.15, 0.2) is 30.6 Å². The maximum absolute atomic E-state index is 4.13.